The number of hydrogen-bond donors (Lipinski definition) is 1. The second-order valence-electron chi connectivity index (χ2n) is 5.60. The molecule has 23 heavy (non-hydrogen) atoms. The highest BCUT2D eigenvalue weighted by Crippen LogP contribution is 2.21. The number of fused-ring (bicyclic) bond motifs is 1. The van der Waals surface area contributed by atoms with E-state index in [-0.39, 0.29) is 11.9 Å². The van der Waals surface area contributed by atoms with Gasteiger partial charge in [0, 0.05) is 30.5 Å². The van der Waals surface area contributed by atoms with Gasteiger partial charge in [-0.1, -0.05) is 12.1 Å². The van der Waals surface area contributed by atoms with Crippen LogP contribution in [-0.2, 0) is 6.54 Å². The maximum absolute atomic E-state index is 12.7. The minimum atomic E-state index is -0.169. The van der Waals surface area contributed by atoms with Crippen molar-refractivity contribution in [3.63, 3.8) is 0 Å². The summed E-state index contributed by atoms with van der Waals surface area (Å²) in [5.74, 6) is 0.720. The zero-order valence-corrected chi connectivity index (χ0v) is 13.6. The molecule has 3 rings (SSSR count). The first-order valence-electron chi connectivity index (χ1n) is 7.78. The summed E-state index contributed by atoms with van der Waals surface area (Å²) in [5, 5.41) is 4.03. The normalized spacial score (nSPS) is 12.3. The highest BCUT2D eigenvalue weighted by molar-refractivity contribution is 6.06. The fraction of sp³-hybridized carbons (Fsp3) is 0.278. The van der Waals surface area contributed by atoms with E-state index in [0.29, 0.717) is 5.56 Å². The molecule has 2 aromatic heterocycles. The molecule has 5 heteroatoms. The van der Waals surface area contributed by atoms with Crippen LogP contribution in [0.15, 0.2) is 42.9 Å². The third-order valence-electron chi connectivity index (χ3n) is 4.06. The van der Waals surface area contributed by atoms with E-state index in [1.165, 1.54) is 0 Å². The monoisotopic (exact) mass is 308 g/mol. The minimum absolute atomic E-state index is 0.133. The van der Waals surface area contributed by atoms with E-state index in [9.17, 15) is 4.79 Å². The standard InChI is InChI=1S/C18H20N4O/c1-4-22-11-10-20-17(22)13(3)21-18(23)15-8-7-12(2)14-6-5-9-19-16(14)15/h5-11,13H,4H2,1-3H3,(H,21,23). The van der Waals surface area contributed by atoms with Crippen LogP contribution in [0.1, 0.15) is 41.6 Å². The van der Waals surface area contributed by atoms with Crippen molar-refractivity contribution < 1.29 is 4.79 Å². The first-order valence-corrected chi connectivity index (χ1v) is 7.78. The number of aryl methyl sites for hydroxylation is 2. The van der Waals surface area contributed by atoms with Crippen LogP contribution in [0.5, 0.6) is 0 Å². The number of carbonyl (C=O) groups is 1. The van der Waals surface area contributed by atoms with Crippen LogP contribution < -0.4 is 5.32 Å². The van der Waals surface area contributed by atoms with E-state index in [1.54, 1.807) is 12.4 Å². The van der Waals surface area contributed by atoms with E-state index in [2.05, 4.69) is 22.2 Å². The first kappa shape index (κ1) is 15.2. The molecule has 1 aromatic carbocycles. The molecule has 0 fully saturated rings. The molecular weight excluding hydrogens is 288 g/mol. The zero-order chi connectivity index (χ0) is 16.4. The first-order chi connectivity index (χ1) is 11.1. The molecule has 0 aliphatic carbocycles. The summed E-state index contributed by atoms with van der Waals surface area (Å²) in [6.45, 7) is 6.84. The van der Waals surface area contributed by atoms with Crippen LogP contribution in [-0.4, -0.2) is 20.4 Å². The molecule has 0 bridgehead atoms. The van der Waals surface area contributed by atoms with Crippen LogP contribution in [0, 0.1) is 6.92 Å². The van der Waals surface area contributed by atoms with E-state index in [0.717, 1.165) is 28.8 Å². The quantitative estimate of drug-likeness (QED) is 0.805. The van der Waals surface area contributed by atoms with Crippen molar-refractivity contribution in [1.82, 2.24) is 19.9 Å². The summed E-state index contributed by atoms with van der Waals surface area (Å²) < 4.78 is 2.02. The number of rotatable bonds is 4. The number of nitrogens with one attached hydrogen (secondary N) is 1. The van der Waals surface area contributed by atoms with Crippen LogP contribution in [0.2, 0.25) is 0 Å². The van der Waals surface area contributed by atoms with Gasteiger partial charge in [-0.3, -0.25) is 9.78 Å². The van der Waals surface area contributed by atoms with Crippen molar-refractivity contribution in [2.24, 2.45) is 0 Å². The molecule has 1 amide bonds. The molecule has 0 radical (unpaired) electrons. The summed E-state index contributed by atoms with van der Waals surface area (Å²) in [5.41, 5.74) is 2.43. The topological polar surface area (TPSA) is 59.8 Å². The highest BCUT2D eigenvalue weighted by atomic mass is 16.1. The second kappa shape index (κ2) is 6.20. The molecule has 1 N–H and O–H groups in total. The number of benzene rings is 1. The minimum Gasteiger partial charge on any atom is -0.342 e. The lowest BCUT2D eigenvalue weighted by Crippen LogP contribution is -2.29. The van der Waals surface area contributed by atoms with Crippen molar-refractivity contribution in [2.45, 2.75) is 33.4 Å². The molecular formula is C18H20N4O. The Bertz CT molecular complexity index is 853. The largest absolute Gasteiger partial charge is 0.342 e. The summed E-state index contributed by atoms with van der Waals surface area (Å²) in [4.78, 5) is 21.4. The van der Waals surface area contributed by atoms with Crippen molar-refractivity contribution in [1.29, 1.82) is 0 Å². The molecule has 3 aromatic rings. The maximum Gasteiger partial charge on any atom is 0.254 e. The summed E-state index contributed by atoms with van der Waals surface area (Å²) >= 11 is 0. The lowest BCUT2D eigenvalue weighted by Gasteiger charge is -2.16. The van der Waals surface area contributed by atoms with E-state index in [4.69, 9.17) is 0 Å². The SMILES string of the molecule is CCn1ccnc1C(C)NC(=O)c1ccc(C)c2cccnc12. The maximum atomic E-state index is 12.7. The molecule has 118 valence electrons. The van der Waals surface area contributed by atoms with Gasteiger partial charge >= 0.3 is 0 Å². The Balaban J connectivity index is 1.91. The van der Waals surface area contributed by atoms with Gasteiger partial charge in [-0.25, -0.2) is 4.98 Å². The van der Waals surface area contributed by atoms with Gasteiger partial charge in [0.2, 0.25) is 0 Å². The Labute approximate surface area is 135 Å². The molecule has 5 nitrogen and oxygen atoms in total. The van der Waals surface area contributed by atoms with E-state index in [1.807, 2.05) is 48.9 Å². The number of carbonyl (C=O) groups excluding carboxylic acids is 1. The second-order valence-corrected chi connectivity index (χ2v) is 5.60. The number of imidazole rings is 1. The number of nitrogens with zero attached hydrogens (tertiary/aromatic N) is 3. The number of amides is 1. The third-order valence-corrected chi connectivity index (χ3v) is 4.06. The van der Waals surface area contributed by atoms with Crippen LogP contribution in [0.3, 0.4) is 0 Å². The Morgan fingerprint density at radius 2 is 2.09 bits per heavy atom. The average Bonchev–Trinajstić information content (AvgIpc) is 3.04. The van der Waals surface area contributed by atoms with Gasteiger partial charge in [0.15, 0.2) is 0 Å². The van der Waals surface area contributed by atoms with Crippen molar-refractivity contribution in [2.75, 3.05) is 0 Å². The number of hydrogen-bond acceptors (Lipinski definition) is 3. The Kier molecular flexibility index (Phi) is 4.10. The Morgan fingerprint density at radius 1 is 1.26 bits per heavy atom. The predicted molar refractivity (Wildman–Crippen MR) is 90.3 cm³/mol. The zero-order valence-electron chi connectivity index (χ0n) is 13.6. The Morgan fingerprint density at radius 3 is 2.87 bits per heavy atom. The molecule has 1 unspecified atom stereocenters. The Hall–Kier alpha value is -2.69. The van der Waals surface area contributed by atoms with Gasteiger partial charge in [0.25, 0.3) is 5.91 Å². The van der Waals surface area contributed by atoms with Gasteiger partial charge in [-0.2, -0.15) is 0 Å². The molecule has 0 spiro atoms. The third kappa shape index (κ3) is 2.82. The van der Waals surface area contributed by atoms with Gasteiger partial charge in [0.1, 0.15) is 5.82 Å². The van der Waals surface area contributed by atoms with Crippen molar-refractivity contribution in [3.8, 4) is 0 Å². The van der Waals surface area contributed by atoms with Crippen molar-refractivity contribution >= 4 is 16.8 Å². The summed E-state index contributed by atoms with van der Waals surface area (Å²) in [7, 11) is 0. The fourth-order valence-corrected chi connectivity index (χ4v) is 2.81. The van der Waals surface area contributed by atoms with Crippen LogP contribution in [0.4, 0.5) is 0 Å². The van der Waals surface area contributed by atoms with E-state index >= 15 is 0 Å². The molecule has 1 atom stereocenters. The summed E-state index contributed by atoms with van der Waals surface area (Å²) in [6, 6.07) is 7.49. The van der Waals surface area contributed by atoms with Gasteiger partial charge < -0.3 is 9.88 Å². The molecule has 0 aliphatic heterocycles. The van der Waals surface area contributed by atoms with Crippen LogP contribution in [0.25, 0.3) is 10.9 Å². The lowest BCUT2D eigenvalue weighted by molar-refractivity contribution is 0.0939. The summed E-state index contributed by atoms with van der Waals surface area (Å²) in [6.07, 6.45) is 5.39. The highest BCUT2D eigenvalue weighted by Gasteiger charge is 2.17. The van der Waals surface area contributed by atoms with Gasteiger partial charge in [-0.15, -0.1) is 0 Å². The number of pyridine rings is 1. The lowest BCUT2D eigenvalue weighted by atomic mass is 10.0. The molecule has 0 saturated heterocycles. The number of aromatic nitrogens is 3. The smallest absolute Gasteiger partial charge is 0.254 e. The predicted octanol–water partition coefficient (Wildman–Crippen LogP) is 3.25. The molecule has 0 aliphatic rings. The molecule has 2 heterocycles. The average molecular weight is 308 g/mol. The van der Waals surface area contributed by atoms with Gasteiger partial charge in [0.05, 0.1) is 17.1 Å². The molecule has 0 saturated carbocycles. The van der Waals surface area contributed by atoms with Gasteiger partial charge in [-0.05, 0) is 38.5 Å². The fourth-order valence-electron chi connectivity index (χ4n) is 2.81. The van der Waals surface area contributed by atoms with E-state index < -0.39 is 0 Å². The van der Waals surface area contributed by atoms with Crippen molar-refractivity contribution in [3.05, 3.63) is 59.8 Å². The van der Waals surface area contributed by atoms with Crippen LogP contribution >= 0.6 is 0 Å².